The van der Waals surface area contributed by atoms with Crippen molar-refractivity contribution in [3.8, 4) is 11.3 Å². The number of non-ortho nitro benzene ring substituents is 1. The van der Waals surface area contributed by atoms with Crippen LogP contribution in [0.25, 0.3) is 11.3 Å². The van der Waals surface area contributed by atoms with Crippen LogP contribution in [0, 0.1) is 10.1 Å². The molecule has 3 aromatic rings. The highest BCUT2D eigenvalue weighted by atomic mass is 79.9. The zero-order valence-corrected chi connectivity index (χ0v) is 16.4. The van der Waals surface area contributed by atoms with Crippen LogP contribution in [0.3, 0.4) is 0 Å². The molecule has 2 aliphatic rings. The number of hydrogen-bond acceptors (Lipinski definition) is 3. The van der Waals surface area contributed by atoms with E-state index in [-0.39, 0.29) is 11.6 Å². The third kappa shape index (κ3) is 2.57. The molecule has 0 radical (unpaired) electrons. The predicted molar refractivity (Wildman–Crippen MR) is 109 cm³/mol. The molecule has 0 fully saturated rings. The molecule has 0 bridgehead atoms. The molecule has 0 aliphatic carbocycles. The van der Waals surface area contributed by atoms with E-state index in [1.165, 1.54) is 17.8 Å². The number of amides is 1. The van der Waals surface area contributed by atoms with E-state index >= 15 is 0 Å². The Hall–Kier alpha value is -2.93. The lowest BCUT2D eigenvalue weighted by Gasteiger charge is -2.14. The van der Waals surface area contributed by atoms with Crippen molar-refractivity contribution in [1.29, 1.82) is 0 Å². The summed E-state index contributed by atoms with van der Waals surface area (Å²) in [6.45, 7) is 0.890. The van der Waals surface area contributed by atoms with Crippen LogP contribution in [0.15, 0.2) is 53.0 Å². The van der Waals surface area contributed by atoms with Gasteiger partial charge >= 0.3 is 0 Å². The molecule has 1 N–H and O–H groups in total. The molecular weight excluding hydrogens is 422 g/mol. The SMILES string of the molecule is O=C1Nc2ccc(Br)cc2C1c1cc2n(c1-c1ccc([N+](=O)[O-])cc1)CCC2. The molecule has 1 atom stereocenters. The first-order valence-corrected chi connectivity index (χ1v) is 9.89. The first-order chi connectivity index (χ1) is 13.5. The van der Waals surface area contributed by atoms with Crippen molar-refractivity contribution < 1.29 is 9.72 Å². The summed E-state index contributed by atoms with van der Waals surface area (Å²) < 4.78 is 3.18. The molecule has 3 heterocycles. The summed E-state index contributed by atoms with van der Waals surface area (Å²) in [6, 6.07) is 14.5. The fraction of sp³-hybridized carbons (Fsp3) is 0.190. The van der Waals surface area contributed by atoms with Crippen molar-refractivity contribution in [2.24, 2.45) is 0 Å². The van der Waals surface area contributed by atoms with Crippen LogP contribution in [-0.4, -0.2) is 15.4 Å². The number of aromatic nitrogens is 1. The van der Waals surface area contributed by atoms with E-state index in [0.29, 0.717) is 0 Å². The van der Waals surface area contributed by atoms with Crippen LogP contribution in [0.1, 0.15) is 29.2 Å². The van der Waals surface area contributed by atoms with Crippen molar-refractivity contribution in [3.05, 3.63) is 79.9 Å². The second-order valence-electron chi connectivity index (χ2n) is 7.15. The largest absolute Gasteiger partial charge is 0.344 e. The normalized spacial score (nSPS) is 17.3. The Morgan fingerprint density at radius 3 is 2.64 bits per heavy atom. The lowest BCUT2D eigenvalue weighted by molar-refractivity contribution is -0.384. The van der Waals surface area contributed by atoms with Gasteiger partial charge in [-0.3, -0.25) is 14.9 Å². The molecule has 28 heavy (non-hydrogen) atoms. The first kappa shape index (κ1) is 17.2. The highest BCUT2D eigenvalue weighted by Crippen LogP contribution is 2.44. The van der Waals surface area contributed by atoms with Crippen LogP contribution >= 0.6 is 15.9 Å². The van der Waals surface area contributed by atoms with E-state index < -0.39 is 10.8 Å². The van der Waals surface area contributed by atoms with Crippen LogP contribution in [-0.2, 0) is 17.8 Å². The fourth-order valence-corrected chi connectivity index (χ4v) is 4.71. The molecule has 1 aromatic heterocycles. The van der Waals surface area contributed by atoms with Gasteiger partial charge in [0.15, 0.2) is 0 Å². The number of rotatable bonds is 3. The molecule has 140 valence electrons. The van der Waals surface area contributed by atoms with E-state index in [9.17, 15) is 14.9 Å². The second kappa shape index (κ2) is 6.31. The van der Waals surface area contributed by atoms with E-state index in [4.69, 9.17) is 0 Å². The van der Waals surface area contributed by atoms with Crippen LogP contribution in [0.2, 0.25) is 0 Å². The smallest absolute Gasteiger partial charge is 0.269 e. The van der Waals surface area contributed by atoms with Gasteiger partial charge in [0.05, 0.1) is 16.5 Å². The van der Waals surface area contributed by atoms with Gasteiger partial charge in [-0.2, -0.15) is 0 Å². The number of carbonyl (C=O) groups is 1. The molecule has 0 saturated carbocycles. The number of carbonyl (C=O) groups excluding carboxylic acids is 1. The van der Waals surface area contributed by atoms with E-state index in [0.717, 1.165) is 51.9 Å². The van der Waals surface area contributed by atoms with E-state index in [1.807, 2.05) is 18.2 Å². The van der Waals surface area contributed by atoms with Gasteiger partial charge in [-0.25, -0.2) is 0 Å². The van der Waals surface area contributed by atoms with Crippen molar-refractivity contribution >= 4 is 33.2 Å². The number of nitro groups is 1. The lowest BCUT2D eigenvalue weighted by Crippen LogP contribution is -2.14. The number of hydrogen-bond donors (Lipinski definition) is 1. The topological polar surface area (TPSA) is 77.2 Å². The lowest BCUT2D eigenvalue weighted by atomic mass is 9.90. The maximum atomic E-state index is 12.9. The molecule has 2 aromatic carbocycles. The van der Waals surface area contributed by atoms with Gasteiger partial charge in [0.25, 0.3) is 5.69 Å². The standard InChI is InChI=1S/C21H16BrN3O3/c22-13-5-8-18-16(10-13)19(21(26)23-18)17-11-15-2-1-9-24(15)20(17)12-3-6-14(7-4-12)25(27)28/h3-8,10-11,19H,1-2,9H2,(H,23,26). The summed E-state index contributed by atoms with van der Waals surface area (Å²) in [6.07, 6.45) is 2.04. The van der Waals surface area contributed by atoms with Crippen LogP contribution in [0.4, 0.5) is 11.4 Å². The first-order valence-electron chi connectivity index (χ1n) is 9.10. The summed E-state index contributed by atoms with van der Waals surface area (Å²) >= 11 is 3.51. The van der Waals surface area contributed by atoms with Crippen molar-refractivity contribution in [3.63, 3.8) is 0 Å². The number of fused-ring (bicyclic) bond motifs is 2. The second-order valence-corrected chi connectivity index (χ2v) is 8.07. The van der Waals surface area contributed by atoms with Gasteiger partial charge in [0.2, 0.25) is 5.91 Å². The quantitative estimate of drug-likeness (QED) is 0.469. The Morgan fingerprint density at radius 1 is 1.11 bits per heavy atom. The predicted octanol–water partition coefficient (Wildman–Crippen LogP) is 4.86. The Balaban J connectivity index is 1.69. The van der Waals surface area contributed by atoms with Gasteiger partial charge in [-0.15, -0.1) is 0 Å². The zero-order valence-electron chi connectivity index (χ0n) is 14.8. The monoisotopic (exact) mass is 437 g/mol. The molecule has 6 nitrogen and oxygen atoms in total. The molecule has 0 spiro atoms. The van der Waals surface area contributed by atoms with Gasteiger partial charge in [0.1, 0.15) is 0 Å². The summed E-state index contributed by atoms with van der Waals surface area (Å²) in [5.74, 6) is -0.434. The third-order valence-electron chi connectivity index (χ3n) is 5.53. The van der Waals surface area contributed by atoms with E-state index in [2.05, 4.69) is 31.9 Å². The maximum Gasteiger partial charge on any atom is 0.269 e. The van der Waals surface area contributed by atoms with Gasteiger partial charge in [0, 0.05) is 34.5 Å². The molecular formula is C21H16BrN3O3. The highest BCUT2D eigenvalue weighted by Gasteiger charge is 2.36. The average Bonchev–Trinajstić information content (AvgIpc) is 3.33. The van der Waals surface area contributed by atoms with Gasteiger partial charge in [-0.1, -0.05) is 15.9 Å². The Bertz CT molecular complexity index is 1130. The highest BCUT2D eigenvalue weighted by molar-refractivity contribution is 9.10. The van der Waals surface area contributed by atoms with Gasteiger partial charge in [-0.05, 0) is 65.9 Å². The molecule has 1 unspecified atom stereocenters. The number of nitrogens with one attached hydrogen (secondary N) is 1. The number of halogens is 1. The Morgan fingerprint density at radius 2 is 1.89 bits per heavy atom. The third-order valence-corrected chi connectivity index (χ3v) is 6.03. The number of nitro benzene ring substituents is 1. The summed E-state index contributed by atoms with van der Waals surface area (Å²) in [4.78, 5) is 23.5. The summed E-state index contributed by atoms with van der Waals surface area (Å²) in [5.41, 5.74) is 5.88. The number of benzene rings is 2. The average molecular weight is 438 g/mol. The summed E-state index contributed by atoms with van der Waals surface area (Å²) in [7, 11) is 0. The number of nitrogens with zero attached hydrogens (tertiary/aromatic N) is 2. The maximum absolute atomic E-state index is 12.9. The Labute approximate surface area is 169 Å². The molecule has 0 saturated heterocycles. The van der Waals surface area contributed by atoms with Crippen molar-refractivity contribution in [2.45, 2.75) is 25.3 Å². The van der Waals surface area contributed by atoms with Crippen LogP contribution in [0.5, 0.6) is 0 Å². The van der Waals surface area contributed by atoms with Crippen LogP contribution < -0.4 is 5.32 Å². The molecule has 1 amide bonds. The minimum Gasteiger partial charge on any atom is -0.344 e. The van der Waals surface area contributed by atoms with Crippen molar-refractivity contribution in [1.82, 2.24) is 4.57 Å². The summed E-state index contributed by atoms with van der Waals surface area (Å²) in [5, 5.41) is 14.0. The van der Waals surface area contributed by atoms with Crippen molar-refractivity contribution in [2.75, 3.05) is 5.32 Å². The zero-order chi connectivity index (χ0) is 19.4. The molecule has 5 rings (SSSR count). The number of aryl methyl sites for hydroxylation is 1. The fourth-order valence-electron chi connectivity index (χ4n) is 4.33. The molecule has 7 heteroatoms. The minimum atomic E-state index is -0.397. The van der Waals surface area contributed by atoms with Gasteiger partial charge < -0.3 is 9.88 Å². The number of anilines is 1. The minimum absolute atomic E-state index is 0.0412. The molecule has 2 aliphatic heterocycles. The Kier molecular flexibility index (Phi) is 3.87. The van der Waals surface area contributed by atoms with E-state index in [1.54, 1.807) is 12.1 Å².